The molecule has 2 aromatic rings. The summed E-state index contributed by atoms with van der Waals surface area (Å²) in [5.74, 6) is 0.690. The number of aromatic nitrogens is 3. The topological polar surface area (TPSA) is 70.7 Å². The summed E-state index contributed by atoms with van der Waals surface area (Å²) >= 11 is 7.16. The number of thioether (sulfide) groups is 1. The molecule has 2 N–H and O–H groups in total. The number of carbonyl (C=O) groups excluding carboxylic acids is 1. The van der Waals surface area contributed by atoms with Crippen LogP contribution in [0.2, 0.25) is 5.02 Å². The van der Waals surface area contributed by atoms with Crippen molar-refractivity contribution in [2.75, 3.05) is 5.32 Å². The second kappa shape index (κ2) is 6.26. The van der Waals surface area contributed by atoms with E-state index in [9.17, 15) is 9.18 Å². The van der Waals surface area contributed by atoms with Crippen molar-refractivity contribution in [3.8, 4) is 0 Å². The lowest BCUT2D eigenvalue weighted by atomic mass is 10.3. The molecular weight excluding hydrogens is 327 g/mol. The predicted molar refractivity (Wildman–Crippen MR) is 83.7 cm³/mol. The predicted octanol–water partition coefficient (Wildman–Crippen LogP) is 3.59. The van der Waals surface area contributed by atoms with Gasteiger partial charge in [0.1, 0.15) is 11.6 Å². The summed E-state index contributed by atoms with van der Waals surface area (Å²) in [6, 6.07) is 3.84. The van der Waals surface area contributed by atoms with Crippen LogP contribution in [-0.2, 0) is 4.79 Å². The Bertz CT molecular complexity index is 704. The molecule has 116 valence electrons. The number of nitrogens with one attached hydrogen (secondary N) is 2. The van der Waals surface area contributed by atoms with Gasteiger partial charge >= 0.3 is 0 Å². The number of nitrogens with zero attached hydrogens (tertiary/aromatic N) is 2. The first kappa shape index (κ1) is 15.3. The molecule has 1 aromatic heterocycles. The number of amides is 1. The second-order valence-corrected chi connectivity index (χ2v) is 6.87. The van der Waals surface area contributed by atoms with Crippen LogP contribution in [0.15, 0.2) is 23.4 Å². The van der Waals surface area contributed by atoms with Gasteiger partial charge < -0.3 is 5.32 Å². The Kier molecular flexibility index (Phi) is 4.35. The summed E-state index contributed by atoms with van der Waals surface area (Å²) in [7, 11) is 0. The minimum Gasteiger partial charge on any atom is -0.324 e. The van der Waals surface area contributed by atoms with Crippen molar-refractivity contribution < 1.29 is 9.18 Å². The molecular formula is C14H14ClFN4OS. The summed E-state index contributed by atoms with van der Waals surface area (Å²) in [6.45, 7) is 1.75. The standard InChI is InChI=1S/C14H14ClFN4OS/c1-7(22-14-18-12(19-20-14)8-2-3-8)13(21)17-11-5-4-9(16)6-10(11)15/h4-8H,2-3H2,1H3,(H,17,21)(H,18,19,20)/t7-/m1/s1. The molecule has 1 saturated carbocycles. The van der Waals surface area contributed by atoms with E-state index in [2.05, 4.69) is 20.5 Å². The molecule has 0 spiro atoms. The molecule has 0 saturated heterocycles. The highest BCUT2D eigenvalue weighted by molar-refractivity contribution is 8.00. The van der Waals surface area contributed by atoms with E-state index in [-0.39, 0.29) is 10.9 Å². The number of halogens is 2. The van der Waals surface area contributed by atoms with Crippen LogP contribution in [0.5, 0.6) is 0 Å². The molecule has 8 heteroatoms. The van der Waals surface area contributed by atoms with E-state index in [1.54, 1.807) is 6.92 Å². The third kappa shape index (κ3) is 3.59. The highest BCUT2D eigenvalue weighted by Gasteiger charge is 2.28. The van der Waals surface area contributed by atoms with Crippen molar-refractivity contribution in [1.82, 2.24) is 15.2 Å². The van der Waals surface area contributed by atoms with Gasteiger partial charge in [-0.2, -0.15) is 0 Å². The van der Waals surface area contributed by atoms with Gasteiger partial charge in [-0.3, -0.25) is 9.89 Å². The van der Waals surface area contributed by atoms with Crippen LogP contribution in [0.4, 0.5) is 10.1 Å². The van der Waals surface area contributed by atoms with Crippen molar-refractivity contribution in [3.63, 3.8) is 0 Å². The van der Waals surface area contributed by atoms with E-state index in [4.69, 9.17) is 11.6 Å². The van der Waals surface area contributed by atoms with Crippen LogP contribution < -0.4 is 5.32 Å². The lowest BCUT2D eigenvalue weighted by Crippen LogP contribution is -2.22. The molecule has 1 aromatic carbocycles. The Morgan fingerprint density at radius 1 is 1.55 bits per heavy atom. The van der Waals surface area contributed by atoms with Gasteiger partial charge in [-0.1, -0.05) is 23.4 Å². The summed E-state index contributed by atoms with van der Waals surface area (Å²) < 4.78 is 13.0. The quantitative estimate of drug-likeness (QED) is 0.816. The fraction of sp³-hybridized carbons (Fsp3) is 0.357. The molecule has 0 unspecified atom stereocenters. The maximum Gasteiger partial charge on any atom is 0.237 e. The van der Waals surface area contributed by atoms with E-state index in [1.165, 1.54) is 23.9 Å². The normalized spacial score (nSPS) is 15.6. The van der Waals surface area contributed by atoms with Gasteiger partial charge in [-0.05, 0) is 38.0 Å². The molecule has 5 nitrogen and oxygen atoms in total. The summed E-state index contributed by atoms with van der Waals surface area (Å²) in [5, 5.41) is 10.0. The number of rotatable bonds is 5. The molecule has 22 heavy (non-hydrogen) atoms. The van der Waals surface area contributed by atoms with Gasteiger partial charge in [0.05, 0.1) is 16.0 Å². The molecule has 3 rings (SSSR count). The monoisotopic (exact) mass is 340 g/mol. The zero-order valence-corrected chi connectivity index (χ0v) is 13.3. The maximum absolute atomic E-state index is 13.0. The van der Waals surface area contributed by atoms with Gasteiger partial charge in [0.2, 0.25) is 11.1 Å². The lowest BCUT2D eigenvalue weighted by Gasteiger charge is -2.11. The largest absolute Gasteiger partial charge is 0.324 e. The average molecular weight is 341 g/mol. The fourth-order valence-corrected chi connectivity index (χ4v) is 2.83. The van der Waals surface area contributed by atoms with Crippen LogP contribution in [0.1, 0.15) is 31.5 Å². The van der Waals surface area contributed by atoms with Gasteiger partial charge in [0.25, 0.3) is 0 Å². The second-order valence-electron chi connectivity index (χ2n) is 5.15. The number of hydrogen-bond acceptors (Lipinski definition) is 4. The van der Waals surface area contributed by atoms with Crippen LogP contribution >= 0.6 is 23.4 Å². The zero-order chi connectivity index (χ0) is 15.7. The van der Waals surface area contributed by atoms with Crippen molar-refractivity contribution in [2.45, 2.75) is 36.1 Å². The summed E-state index contributed by atoms with van der Waals surface area (Å²) in [6.07, 6.45) is 2.27. The summed E-state index contributed by atoms with van der Waals surface area (Å²) in [5.41, 5.74) is 0.383. The zero-order valence-electron chi connectivity index (χ0n) is 11.8. The molecule has 1 aliphatic rings. The number of carbonyl (C=O) groups is 1. The highest BCUT2D eigenvalue weighted by Crippen LogP contribution is 2.38. The van der Waals surface area contributed by atoms with Gasteiger partial charge in [-0.15, -0.1) is 5.10 Å². The first-order valence-corrected chi connectivity index (χ1v) is 8.13. The van der Waals surface area contributed by atoms with Crippen LogP contribution in [0.3, 0.4) is 0 Å². The van der Waals surface area contributed by atoms with Gasteiger partial charge in [0.15, 0.2) is 0 Å². The first-order valence-electron chi connectivity index (χ1n) is 6.88. The Hall–Kier alpha value is -1.60. The van der Waals surface area contributed by atoms with E-state index < -0.39 is 11.1 Å². The minimum absolute atomic E-state index is 0.166. The molecule has 1 atom stereocenters. The van der Waals surface area contributed by atoms with E-state index in [0.29, 0.717) is 16.8 Å². The van der Waals surface area contributed by atoms with Crippen molar-refractivity contribution in [3.05, 3.63) is 34.9 Å². The Morgan fingerprint density at radius 3 is 3.00 bits per heavy atom. The first-order chi connectivity index (χ1) is 10.5. The third-order valence-corrected chi connectivity index (χ3v) is 4.56. The molecule has 0 radical (unpaired) electrons. The van der Waals surface area contributed by atoms with Crippen molar-refractivity contribution in [2.24, 2.45) is 0 Å². The van der Waals surface area contributed by atoms with Gasteiger partial charge in [-0.25, -0.2) is 9.37 Å². The SMILES string of the molecule is C[C@@H](Sc1n[nH]c(C2CC2)n1)C(=O)Nc1ccc(F)cc1Cl. The van der Waals surface area contributed by atoms with E-state index in [0.717, 1.165) is 24.7 Å². The van der Waals surface area contributed by atoms with Crippen LogP contribution in [0.25, 0.3) is 0 Å². The van der Waals surface area contributed by atoms with Crippen molar-refractivity contribution >= 4 is 35.0 Å². The molecule has 1 heterocycles. The van der Waals surface area contributed by atoms with E-state index >= 15 is 0 Å². The minimum atomic E-state index is -0.446. The Labute approximate surface area is 136 Å². The molecule has 0 bridgehead atoms. The Balaban J connectivity index is 1.60. The average Bonchev–Trinajstić information content (AvgIpc) is 3.22. The van der Waals surface area contributed by atoms with Gasteiger partial charge in [0, 0.05) is 5.92 Å². The number of benzene rings is 1. The number of anilines is 1. The summed E-state index contributed by atoms with van der Waals surface area (Å²) in [4.78, 5) is 16.5. The molecule has 1 amide bonds. The maximum atomic E-state index is 13.0. The molecule has 0 aliphatic heterocycles. The third-order valence-electron chi connectivity index (χ3n) is 3.29. The lowest BCUT2D eigenvalue weighted by molar-refractivity contribution is -0.115. The molecule has 1 aliphatic carbocycles. The number of aromatic amines is 1. The van der Waals surface area contributed by atoms with Crippen LogP contribution in [-0.4, -0.2) is 26.3 Å². The van der Waals surface area contributed by atoms with Crippen LogP contribution in [0, 0.1) is 5.82 Å². The van der Waals surface area contributed by atoms with Crippen molar-refractivity contribution in [1.29, 1.82) is 0 Å². The van der Waals surface area contributed by atoms with E-state index in [1.807, 2.05) is 0 Å². The Morgan fingerprint density at radius 2 is 2.32 bits per heavy atom. The number of hydrogen-bond donors (Lipinski definition) is 2. The smallest absolute Gasteiger partial charge is 0.237 e. The fourth-order valence-electron chi connectivity index (χ4n) is 1.89. The number of H-pyrrole nitrogens is 1. The molecule has 1 fully saturated rings. The highest BCUT2D eigenvalue weighted by atomic mass is 35.5.